The molecule has 0 saturated heterocycles. The molecule has 0 fully saturated rings. The van der Waals surface area contributed by atoms with Crippen molar-refractivity contribution in [3.63, 3.8) is 0 Å². The number of aryl methyl sites for hydroxylation is 2. The monoisotopic (exact) mass is 691 g/mol. The maximum absolute atomic E-state index is 10.9. The van der Waals surface area contributed by atoms with Crippen LogP contribution in [-0.2, 0) is 5.41 Å². The predicted octanol–water partition coefficient (Wildman–Crippen LogP) is 11.5. The summed E-state index contributed by atoms with van der Waals surface area (Å²) in [6.07, 6.45) is 0. The highest BCUT2D eigenvalue weighted by Crippen LogP contribution is 2.63. The first-order valence-electron chi connectivity index (χ1n) is 18.2. The quantitative estimate of drug-likeness (QED) is 0.184. The first kappa shape index (κ1) is 31.6. The molecule has 0 N–H and O–H groups in total. The van der Waals surface area contributed by atoms with Gasteiger partial charge in [0, 0.05) is 16.7 Å². The molecule has 2 aliphatic rings. The van der Waals surface area contributed by atoms with Gasteiger partial charge in [-0.1, -0.05) is 145 Å². The lowest BCUT2D eigenvalue weighted by Crippen LogP contribution is -2.36. The van der Waals surface area contributed by atoms with Crippen LogP contribution >= 0.6 is 0 Å². The maximum atomic E-state index is 10.9. The normalized spacial score (nSPS) is 13.1. The zero-order valence-corrected chi connectivity index (χ0v) is 29.8. The highest BCUT2D eigenvalue weighted by atomic mass is 15.2. The summed E-state index contributed by atoms with van der Waals surface area (Å²) in [7, 11) is 0. The van der Waals surface area contributed by atoms with Crippen LogP contribution in [0.3, 0.4) is 0 Å². The molecule has 0 unspecified atom stereocenters. The Morgan fingerprint density at radius 3 is 1.41 bits per heavy atom. The van der Waals surface area contributed by atoms with E-state index in [-0.39, 0.29) is 0 Å². The first-order valence-corrected chi connectivity index (χ1v) is 18.2. The van der Waals surface area contributed by atoms with Crippen molar-refractivity contribution in [1.29, 1.82) is 5.26 Å². The Labute approximate surface area is 314 Å². The van der Waals surface area contributed by atoms with Crippen LogP contribution < -0.4 is 4.90 Å². The van der Waals surface area contributed by atoms with Crippen molar-refractivity contribution in [2.75, 3.05) is 4.90 Å². The molecule has 2 heterocycles. The third kappa shape index (κ3) is 4.67. The van der Waals surface area contributed by atoms with E-state index < -0.39 is 5.41 Å². The summed E-state index contributed by atoms with van der Waals surface area (Å²) < 4.78 is 0. The van der Waals surface area contributed by atoms with Gasteiger partial charge in [-0.25, -0.2) is 15.0 Å². The van der Waals surface area contributed by atoms with E-state index in [9.17, 15) is 5.26 Å². The number of nitriles is 1. The zero-order valence-electron chi connectivity index (χ0n) is 29.8. The van der Waals surface area contributed by atoms with Crippen molar-refractivity contribution >= 4 is 17.1 Å². The Kier molecular flexibility index (Phi) is 7.14. The average molecular weight is 692 g/mol. The second-order valence-electron chi connectivity index (χ2n) is 14.1. The fourth-order valence-electron chi connectivity index (χ4n) is 8.54. The summed E-state index contributed by atoms with van der Waals surface area (Å²) >= 11 is 0. The number of hydrogen-bond acceptors (Lipinski definition) is 5. The van der Waals surface area contributed by atoms with Gasteiger partial charge in [-0.15, -0.1) is 0 Å². The van der Waals surface area contributed by atoms with Crippen molar-refractivity contribution in [3.05, 3.63) is 203 Å². The van der Waals surface area contributed by atoms with Crippen LogP contribution in [0.15, 0.2) is 164 Å². The van der Waals surface area contributed by atoms with E-state index in [0.29, 0.717) is 23.0 Å². The first-order chi connectivity index (χ1) is 26.5. The second kappa shape index (κ2) is 12.2. The third-order valence-corrected chi connectivity index (χ3v) is 10.9. The van der Waals surface area contributed by atoms with Crippen LogP contribution in [0.1, 0.15) is 38.9 Å². The largest absolute Gasteiger partial charge is 0.308 e. The van der Waals surface area contributed by atoms with E-state index in [0.717, 1.165) is 33.8 Å². The van der Waals surface area contributed by atoms with Crippen LogP contribution in [0.5, 0.6) is 0 Å². The standard InChI is InChI=1S/C49H33N5/c1-31-21-24-39-37(27-31)38-28-32(2)22-25-40(38)49(39)41-17-9-11-19-44(41)54(45-20-12-10-18-42(45)49)43-26-23-35(29-36(43)30-50)48-52-46(33-13-5-3-6-14-33)51-47(53-48)34-15-7-4-8-16-34/h3-29H,1-2H3. The van der Waals surface area contributed by atoms with Crippen molar-refractivity contribution in [2.24, 2.45) is 0 Å². The van der Waals surface area contributed by atoms with Gasteiger partial charge in [0.05, 0.1) is 28.0 Å². The topological polar surface area (TPSA) is 65.7 Å². The minimum absolute atomic E-state index is 0.508. The number of benzene rings is 7. The molecule has 10 rings (SSSR count). The minimum Gasteiger partial charge on any atom is -0.308 e. The van der Waals surface area contributed by atoms with Gasteiger partial charge in [-0.3, -0.25) is 0 Å². The fraction of sp³-hybridized carbons (Fsp3) is 0.0612. The fourth-order valence-corrected chi connectivity index (χ4v) is 8.54. The number of hydrogen-bond donors (Lipinski definition) is 0. The van der Waals surface area contributed by atoms with Gasteiger partial charge in [0.25, 0.3) is 0 Å². The molecule has 5 heteroatoms. The van der Waals surface area contributed by atoms with E-state index in [4.69, 9.17) is 15.0 Å². The summed E-state index contributed by atoms with van der Waals surface area (Å²) in [5, 5.41) is 10.9. The molecule has 0 atom stereocenters. The predicted molar refractivity (Wildman–Crippen MR) is 216 cm³/mol. The molecule has 0 saturated carbocycles. The molecule has 1 aliphatic heterocycles. The maximum Gasteiger partial charge on any atom is 0.164 e. The van der Waals surface area contributed by atoms with Gasteiger partial charge in [0.15, 0.2) is 17.5 Å². The van der Waals surface area contributed by atoms with Gasteiger partial charge in [-0.05, 0) is 77.6 Å². The second-order valence-corrected chi connectivity index (χ2v) is 14.1. The number of nitrogens with zero attached hydrogens (tertiary/aromatic N) is 5. The molecule has 254 valence electrons. The molecule has 8 aromatic rings. The lowest BCUT2D eigenvalue weighted by Gasteiger charge is -2.45. The Bertz CT molecular complexity index is 2660. The smallest absolute Gasteiger partial charge is 0.164 e. The lowest BCUT2D eigenvalue weighted by molar-refractivity contribution is 0.752. The molecular formula is C49H33N5. The molecule has 0 radical (unpaired) electrons. The number of para-hydroxylation sites is 2. The summed E-state index contributed by atoms with van der Waals surface area (Å²) in [6, 6.07) is 59.5. The third-order valence-electron chi connectivity index (χ3n) is 10.9. The molecule has 1 aromatic heterocycles. The van der Waals surface area contributed by atoms with Gasteiger partial charge < -0.3 is 4.90 Å². The van der Waals surface area contributed by atoms with Gasteiger partial charge in [0.1, 0.15) is 6.07 Å². The number of aromatic nitrogens is 3. The van der Waals surface area contributed by atoms with Crippen LogP contribution in [-0.4, -0.2) is 15.0 Å². The molecule has 0 amide bonds. The summed E-state index contributed by atoms with van der Waals surface area (Å²) in [5.74, 6) is 1.66. The van der Waals surface area contributed by atoms with Gasteiger partial charge in [-0.2, -0.15) is 5.26 Å². The van der Waals surface area contributed by atoms with Crippen molar-refractivity contribution in [3.8, 4) is 51.4 Å². The number of rotatable bonds is 4. The Hall–Kier alpha value is -7.16. The highest BCUT2D eigenvalue weighted by molar-refractivity contribution is 5.97. The number of fused-ring (bicyclic) bond motifs is 9. The Morgan fingerprint density at radius 2 is 0.907 bits per heavy atom. The van der Waals surface area contributed by atoms with Crippen LogP contribution in [0.4, 0.5) is 17.1 Å². The molecule has 1 aliphatic carbocycles. The van der Waals surface area contributed by atoms with Crippen molar-refractivity contribution in [2.45, 2.75) is 19.3 Å². The Balaban J connectivity index is 1.18. The molecule has 1 spiro atoms. The van der Waals surface area contributed by atoms with Crippen molar-refractivity contribution in [1.82, 2.24) is 15.0 Å². The van der Waals surface area contributed by atoms with Crippen LogP contribution in [0.2, 0.25) is 0 Å². The molecule has 7 aromatic carbocycles. The average Bonchev–Trinajstić information content (AvgIpc) is 3.50. The lowest BCUT2D eigenvalue weighted by atomic mass is 9.64. The molecule has 5 nitrogen and oxygen atoms in total. The summed E-state index contributed by atoms with van der Waals surface area (Å²) in [4.78, 5) is 17.0. The van der Waals surface area contributed by atoms with Crippen molar-refractivity contribution < 1.29 is 0 Å². The van der Waals surface area contributed by atoms with E-state index in [1.165, 1.54) is 44.5 Å². The summed E-state index contributed by atoms with van der Waals surface area (Å²) in [5.41, 5.74) is 15.3. The highest BCUT2D eigenvalue weighted by Gasteiger charge is 2.51. The summed E-state index contributed by atoms with van der Waals surface area (Å²) in [6.45, 7) is 4.33. The minimum atomic E-state index is -0.533. The van der Waals surface area contributed by atoms with E-state index in [2.05, 4.69) is 110 Å². The zero-order chi connectivity index (χ0) is 36.4. The Morgan fingerprint density at radius 1 is 0.444 bits per heavy atom. The molecule has 54 heavy (non-hydrogen) atoms. The van der Waals surface area contributed by atoms with E-state index in [1.54, 1.807) is 0 Å². The van der Waals surface area contributed by atoms with Gasteiger partial charge in [0.2, 0.25) is 0 Å². The number of anilines is 3. The molecular weight excluding hydrogens is 659 g/mol. The van der Waals surface area contributed by atoms with Crippen LogP contribution in [0, 0.1) is 25.2 Å². The van der Waals surface area contributed by atoms with E-state index >= 15 is 0 Å². The molecule has 0 bridgehead atoms. The van der Waals surface area contributed by atoms with Crippen LogP contribution in [0.25, 0.3) is 45.3 Å². The SMILES string of the molecule is Cc1ccc2c(c1)-c1cc(C)ccc1C21c2ccccc2N(c2ccc(-c3nc(-c4ccccc4)nc(-c4ccccc4)n3)cc2C#N)c2ccccc21. The van der Waals surface area contributed by atoms with Gasteiger partial charge >= 0.3 is 0 Å². The van der Waals surface area contributed by atoms with E-state index in [1.807, 2.05) is 78.9 Å².